The van der Waals surface area contributed by atoms with Gasteiger partial charge in [-0.15, -0.1) is 0 Å². The van der Waals surface area contributed by atoms with Crippen molar-refractivity contribution >= 4 is 16.0 Å². The van der Waals surface area contributed by atoms with Gasteiger partial charge in [-0.1, -0.05) is 30.3 Å². The second-order valence-electron chi connectivity index (χ2n) is 4.74. The summed E-state index contributed by atoms with van der Waals surface area (Å²) >= 11 is 0. The number of carbonyl (C=O) groups is 1. The summed E-state index contributed by atoms with van der Waals surface area (Å²) in [5.41, 5.74) is 0. The van der Waals surface area contributed by atoms with E-state index in [1.54, 1.807) is 25.1 Å². The van der Waals surface area contributed by atoms with Crippen LogP contribution in [0.25, 0.3) is 0 Å². The van der Waals surface area contributed by atoms with Gasteiger partial charge in [-0.2, -0.15) is 9.29 Å². The summed E-state index contributed by atoms with van der Waals surface area (Å²) in [7, 11) is -3.65. The van der Waals surface area contributed by atoms with Gasteiger partial charge in [0, 0.05) is 13.0 Å². The van der Waals surface area contributed by atoms with Gasteiger partial charge in [0.05, 0.1) is 17.9 Å². The van der Waals surface area contributed by atoms with Crippen LogP contribution in [0.5, 0.6) is 0 Å². The smallest absolute Gasteiger partial charge is 0.303 e. The molecule has 1 N–H and O–H groups in total. The molecular weight excluding hydrogens is 322 g/mol. The number of rotatable bonds is 8. The molecule has 9 heteroatoms. The Morgan fingerprint density at radius 1 is 1.30 bits per heavy atom. The molecule has 0 aliphatic rings. The molecule has 0 unspecified atom stereocenters. The van der Waals surface area contributed by atoms with Gasteiger partial charge in [0.15, 0.2) is 5.82 Å². The standard InChI is InChI=1S/C14H17N3O5S/c1-2-17(23(20,21)11-6-4-3-5-7-11)10-12-15-13(22-16-12)8-9-14(18)19/h3-7H,2,8-10H2,1H3,(H,18,19). The molecule has 0 amide bonds. The minimum atomic E-state index is -3.65. The number of aryl methyl sites for hydroxylation is 1. The minimum absolute atomic E-state index is 0.0374. The molecule has 0 spiro atoms. The van der Waals surface area contributed by atoms with Gasteiger partial charge in [0.2, 0.25) is 15.9 Å². The van der Waals surface area contributed by atoms with Gasteiger partial charge in [-0.05, 0) is 12.1 Å². The first kappa shape index (κ1) is 17.1. The van der Waals surface area contributed by atoms with E-state index in [9.17, 15) is 13.2 Å². The van der Waals surface area contributed by atoms with Crippen molar-refractivity contribution in [1.82, 2.24) is 14.4 Å². The predicted molar refractivity (Wildman–Crippen MR) is 80.0 cm³/mol. The summed E-state index contributed by atoms with van der Waals surface area (Å²) < 4.78 is 31.3. The highest BCUT2D eigenvalue weighted by Crippen LogP contribution is 2.17. The fourth-order valence-corrected chi connectivity index (χ4v) is 3.36. The molecule has 0 aliphatic carbocycles. The third-order valence-electron chi connectivity index (χ3n) is 3.11. The molecule has 0 bridgehead atoms. The highest BCUT2D eigenvalue weighted by Gasteiger charge is 2.24. The van der Waals surface area contributed by atoms with Crippen molar-refractivity contribution in [2.75, 3.05) is 6.54 Å². The van der Waals surface area contributed by atoms with Crippen molar-refractivity contribution in [1.29, 1.82) is 0 Å². The molecule has 2 rings (SSSR count). The van der Waals surface area contributed by atoms with Crippen molar-refractivity contribution < 1.29 is 22.8 Å². The lowest BCUT2D eigenvalue weighted by Crippen LogP contribution is -2.30. The SMILES string of the molecule is CCN(Cc1noc(CCC(=O)O)n1)S(=O)(=O)c1ccccc1. The van der Waals surface area contributed by atoms with E-state index in [2.05, 4.69) is 10.1 Å². The molecule has 0 fully saturated rings. The number of hydrogen-bond donors (Lipinski definition) is 1. The van der Waals surface area contributed by atoms with Crippen LogP contribution in [0.1, 0.15) is 25.1 Å². The Labute approximate surface area is 133 Å². The van der Waals surface area contributed by atoms with Crippen LogP contribution in [0.2, 0.25) is 0 Å². The van der Waals surface area contributed by atoms with Crippen LogP contribution < -0.4 is 0 Å². The lowest BCUT2D eigenvalue weighted by molar-refractivity contribution is -0.137. The molecule has 0 saturated carbocycles. The van der Waals surface area contributed by atoms with E-state index in [4.69, 9.17) is 9.63 Å². The Morgan fingerprint density at radius 3 is 2.61 bits per heavy atom. The normalized spacial score (nSPS) is 11.7. The molecule has 0 saturated heterocycles. The van der Waals surface area contributed by atoms with Crippen LogP contribution in [0.15, 0.2) is 39.8 Å². The maximum atomic E-state index is 12.6. The molecule has 0 radical (unpaired) electrons. The number of aromatic nitrogens is 2. The predicted octanol–water partition coefficient (Wildman–Crippen LogP) is 1.30. The maximum Gasteiger partial charge on any atom is 0.303 e. The van der Waals surface area contributed by atoms with Gasteiger partial charge in [0.25, 0.3) is 0 Å². The van der Waals surface area contributed by atoms with Crippen LogP contribution >= 0.6 is 0 Å². The van der Waals surface area contributed by atoms with Gasteiger partial charge in [-0.3, -0.25) is 4.79 Å². The summed E-state index contributed by atoms with van der Waals surface area (Å²) in [5, 5.41) is 12.3. The fourth-order valence-electron chi connectivity index (χ4n) is 1.94. The quantitative estimate of drug-likeness (QED) is 0.771. The van der Waals surface area contributed by atoms with E-state index in [-0.39, 0.29) is 42.5 Å². The topological polar surface area (TPSA) is 114 Å². The van der Waals surface area contributed by atoms with E-state index in [1.807, 2.05) is 0 Å². The molecule has 0 aliphatic heterocycles. The maximum absolute atomic E-state index is 12.6. The Kier molecular flexibility index (Phi) is 5.45. The van der Waals surface area contributed by atoms with Crippen LogP contribution in [-0.4, -0.2) is 40.5 Å². The molecule has 1 aromatic heterocycles. The number of hydrogen-bond acceptors (Lipinski definition) is 6. The van der Waals surface area contributed by atoms with Crippen LogP contribution in [0.4, 0.5) is 0 Å². The molecule has 8 nitrogen and oxygen atoms in total. The molecule has 23 heavy (non-hydrogen) atoms. The van der Waals surface area contributed by atoms with Crippen molar-refractivity contribution in [3.8, 4) is 0 Å². The van der Waals surface area contributed by atoms with Crippen molar-refractivity contribution in [2.45, 2.75) is 31.2 Å². The Morgan fingerprint density at radius 2 is 2.00 bits per heavy atom. The number of carboxylic acid groups (broad SMARTS) is 1. The Hall–Kier alpha value is -2.26. The molecule has 1 aromatic carbocycles. The van der Waals surface area contributed by atoms with Crippen LogP contribution in [-0.2, 0) is 27.8 Å². The van der Waals surface area contributed by atoms with Gasteiger partial charge < -0.3 is 9.63 Å². The summed E-state index contributed by atoms with van der Waals surface area (Å²) in [6.45, 7) is 1.92. The minimum Gasteiger partial charge on any atom is -0.481 e. The van der Waals surface area contributed by atoms with E-state index in [1.165, 1.54) is 16.4 Å². The average molecular weight is 339 g/mol. The molecule has 2 aromatic rings. The van der Waals surface area contributed by atoms with Crippen molar-refractivity contribution in [2.24, 2.45) is 0 Å². The zero-order valence-electron chi connectivity index (χ0n) is 12.5. The number of carboxylic acids is 1. The first-order valence-electron chi connectivity index (χ1n) is 7.02. The van der Waals surface area contributed by atoms with Crippen molar-refractivity contribution in [3.63, 3.8) is 0 Å². The average Bonchev–Trinajstić information content (AvgIpc) is 2.99. The van der Waals surface area contributed by atoms with Crippen LogP contribution in [0.3, 0.4) is 0 Å². The molecule has 1 heterocycles. The van der Waals surface area contributed by atoms with Crippen LogP contribution in [0, 0.1) is 0 Å². The van der Waals surface area contributed by atoms with Gasteiger partial charge >= 0.3 is 5.97 Å². The summed E-state index contributed by atoms with van der Waals surface area (Å²) in [4.78, 5) is 14.7. The first-order chi connectivity index (χ1) is 10.9. The van der Waals surface area contributed by atoms with Gasteiger partial charge in [0.1, 0.15) is 0 Å². The van der Waals surface area contributed by atoms with E-state index >= 15 is 0 Å². The summed E-state index contributed by atoms with van der Waals surface area (Å²) in [6.07, 6.45) is -0.0126. The fraction of sp³-hybridized carbons (Fsp3) is 0.357. The number of aliphatic carboxylic acids is 1. The summed E-state index contributed by atoms with van der Waals surface area (Å²) in [5.74, 6) is -0.589. The number of benzene rings is 1. The molecule has 0 atom stereocenters. The van der Waals surface area contributed by atoms with E-state index < -0.39 is 16.0 Å². The van der Waals surface area contributed by atoms with Crippen molar-refractivity contribution in [3.05, 3.63) is 42.0 Å². The third kappa shape index (κ3) is 4.36. The second-order valence-corrected chi connectivity index (χ2v) is 6.68. The zero-order valence-corrected chi connectivity index (χ0v) is 13.4. The second kappa shape index (κ2) is 7.34. The van der Waals surface area contributed by atoms with E-state index in [0.29, 0.717) is 0 Å². The molecule has 124 valence electrons. The van der Waals surface area contributed by atoms with Gasteiger partial charge in [-0.25, -0.2) is 8.42 Å². The highest BCUT2D eigenvalue weighted by atomic mass is 32.2. The number of sulfonamides is 1. The first-order valence-corrected chi connectivity index (χ1v) is 8.46. The Balaban J connectivity index is 2.12. The summed E-state index contributed by atoms with van der Waals surface area (Å²) in [6, 6.07) is 8.08. The number of nitrogens with zero attached hydrogens (tertiary/aromatic N) is 3. The lowest BCUT2D eigenvalue weighted by atomic mass is 10.3. The highest BCUT2D eigenvalue weighted by molar-refractivity contribution is 7.89. The largest absolute Gasteiger partial charge is 0.481 e. The molecular formula is C14H17N3O5S. The Bertz CT molecular complexity index is 758. The third-order valence-corrected chi connectivity index (χ3v) is 5.05. The lowest BCUT2D eigenvalue weighted by Gasteiger charge is -2.18. The van der Waals surface area contributed by atoms with E-state index in [0.717, 1.165) is 0 Å². The monoisotopic (exact) mass is 339 g/mol. The zero-order chi connectivity index (χ0) is 16.9.